The third-order valence-corrected chi connectivity index (χ3v) is 3.95. The number of carbonyl (C=O) groups excluding carboxylic acids is 2. The van der Waals surface area contributed by atoms with Crippen molar-refractivity contribution >= 4 is 27.8 Å². The van der Waals surface area contributed by atoms with Gasteiger partial charge in [0.25, 0.3) is 5.91 Å². The van der Waals surface area contributed by atoms with Crippen molar-refractivity contribution in [2.24, 2.45) is 5.92 Å². The van der Waals surface area contributed by atoms with E-state index in [1.165, 1.54) is 4.90 Å². The number of carbonyl (C=O) groups is 2. The van der Waals surface area contributed by atoms with Gasteiger partial charge in [-0.1, -0.05) is 41.9 Å². The quantitative estimate of drug-likeness (QED) is 0.698. The number of esters is 1. The van der Waals surface area contributed by atoms with Gasteiger partial charge in [0, 0.05) is 17.1 Å². The monoisotopic (exact) mass is 393 g/mol. The van der Waals surface area contributed by atoms with Gasteiger partial charge in [0.05, 0.1) is 12.5 Å². The van der Waals surface area contributed by atoms with E-state index < -0.39 is 0 Å². The van der Waals surface area contributed by atoms with E-state index in [0.717, 1.165) is 15.8 Å². The fourth-order valence-corrected chi connectivity index (χ4v) is 2.23. The van der Waals surface area contributed by atoms with E-state index in [0.29, 0.717) is 12.3 Å². The van der Waals surface area contributed by atoms with Crippen LogP contribution < -0.4 is 0 Å². The normalized spacial score (nSPS) is 10.7. The lowest BCUT2D eigenvalue weighted by Gasteiger charge is -2.16. The van der Waals surface area contributed by atoms with E-state index in [1.54, 1.807) is 20.9 Å². The van der Waals surface area contributed by atoms with Crippen molar-refractivity contribution in [3.63, 3.8) is 0 Å². The minimum absolute atomic E-state index is 0.248. The second-order valence-corrected chi connectivity index (χ2v) is 6.70. The molecule has 128 valence electrons. The lowest BCUT2D eigenvalue weighted by atomic mass is 10.2. The molecule has 0 N–H and O–H groups in total. The lowest BCUT2D eigenvalue weighted by Crippen LogP contribution is -2.31. The molecule has 0 unspecified atom stereocenters. The SMILES string of the molecule is CC(C)C(=O)OCC(=O)N(C)Cc1ccc(-c2ccc(Br)cc2)o1. The lowest BCUT2D eigenvalue weighted by molar-refractivity contribution is -0.154. The number of amides is 1. The van der Waals surface area contributed by atoms with Crippen molar-refractivity contribution in [3.05, 3.63) is 46.6 Å². The first-order valence-corrected chi connectivity index (χ1v) is 8.41. The number of halogens is 1. The van der Waals surface area contributed by atoms with Gasteiger partial charge in [-0.15, -0.1) is 0 Å². The van der Waals surface area contributed by atoms with Crippen LogP contribution in [0.15, 0.2) is 45.3 Å². The highest BCUT2D eigenvalue weighted by atomic mass is 79.9. The van der Waals surface area contributed by atoms with E-state index in [1.807, 2.05) is 36.4 Å². The zero-order valence-electron chi connectivity index (χ0n) is 13.9. The van der Waals surface area contributed by atoms with Crippen LogP contribution in [0.5, 0.6) is 0 Å². The summed E-state index contributed by atoms with van der Waals surface area (Å²) in [7, 11) is 1.65. The second kappa shape index (κ2) is 8.15. The molecule has 24 heavy (non-hydrogen) atoms. The summed E-state index contributed by atoms with van der Waals surface area (Å²) >= 11 is 3.39. The smallest absolute Gasteiger partial charge is 0.308 e. The maximum absolute atomic E-state index is 12.0. The van der Waals surface area contributed by atoms with Gasteiger partial charge >= 0.3 is 5.97 Å². The molecule has 5 nitrogen and oxygen atoms in total. The van der Waals surface area contributed by atoms with Crippen molar-refractivity contribution in [3.8, 4) is 11.3 Å². The molecule has 0 aliphatic carbocycles. The van der Waals surface area contributed by atoms with Crippen molar-refractivity contribution in [1.29, 1.82) is 0 Å². The minimum Gasteiger partial charge on any atom is -0.459 e. The number of likely N-dealkylation sites (N-methyl/N-ethyl adjacent to an activating group) is 1. The summed E-state index contributed by atoms with van der Waals surface area (Å²) in [6.45, 7) is 3.51. The van der Waals surface area contributed by atoms with E-state index in [-0.39, 0.29) is 24.4 Å². The standard InChI is InChI=1S/C18H20BrNO4/c1-12(2)18(22)23-11-17(21)20(3)10-15-8-9-16(24-15)13-4-6-14(19)7-5-13/h4-9,12H,10-11H2,1-3H3. The molecule has 1 amide bonds. The number of nitrogens with zero attached hydrogens (tertiary/aromatic N) is 1. The average Bonchev–Trinajstić information content (AvgIpc) is 3.01. The zero-order chi connectivity index (χ0) is 17.7. The molecule has 2 aromatic rings. The first-order valence-electron chi connectivity index (χ1n) is 7.62. The van der Waals surface area contributed by atoms with Crippen molar-refractivity contribution in [2.45, 2.75) is 20.4 Å². The maximum atomic E-state index is 12.0. The fourth-order valence-electron chi connectivity index (χ4n) is 1.96. The number of benzene rings is 1. The molecule has 0 aliphatic rings. The largest absolute Gasteiger partial charge is 0.459 e. The first kappa shape index (κ1) is 18.3. The zero-order valence-corrected chi connectivity index (χ0v) is 15.5. The van der Waals surface area contributed by atoms with Gasteiger partial charge in [-0.05, 0) is 24.3 Å². The molecule has 6 heteroatoms. The number of hydrogen-bond acceptors (Lipinski definition) is 4. The number of hydrogen-bond donors (Lipinski definition) is 0. The van der Waals surface area contributed by atoms with Crippen LogP contribution in [0, 0.1) is 5.92 Å². The van der Waals surface area contributed by atoms with Gasteiger partial charge in [-0.25, -0.2) is 0 Å². The maximum Gasteiger partial charge on any atom is 0.308 e. The molecule has 1 heterocycles. The summed E-state index contributed by atoms with van der Waals surface area (Å²) in [5.74, 6) is 0.503. The topological polar surface area (TPSA) is 59.8 Å². The summed E-state index contributed by atoms with van der Waals surface area (Å²) in [5, 5.41) is 0. The van der Waals surface area contributed by atoms with Gasteiger partial charge in [0.1, 0.15) is 11.5 Å². The fraction of sp³-hybridized carbons (Fsp3) is 0.333. The van der Waals surface area contributed by atoms with Crippen LogP contribution in [0.2, 0.25) is 0 Å². The van der Waals surface area contributed by atoms with Gasteiger partial charge in [-0.2, -0.15) is 0 Å². The Morgan fingerprint density at radius 3 is 2.46 bits per heavy atom. The van der Waals surface area contributed by atoms with Crippen LogP contribution >= 0.6 is 15.9 Å². The highest BCUT2D eigenvalue weighted by molar-refractivity contribution is 9.10. The Hall–Kier alpha value is -2.08. The summed E-state index contributed by atoms with van der Waals surface area (Å²) < 4.78 is 11.7. The molecule has 0 radical (unpaired) electrons. The van der Waals surface area contributed by atoms with Crippen molar-refractivity contribution in [1.82, 2.24) is 4.90 Å². The van der Waals surface area contributed by atoms with Crippen molar-refractivity contribution in [2.75, 3.05) is 13.7 Å². The average molecular weight is 394 g/mol. The number of ether oxygens (including phenoxy) is 1. The second-order valence-electron chi connectivity index (χ2n) is 5.79. The molecule has 2 rings (SSSR count). The van der Waals surface area contributed by atoms with Crippen LogP contribution in [0.1, 0.15) is 19.6 Å². The molecule has 0 saturated heterocycles. The predicted molar refractivity (Wildman–Crippen MR) is 94.1 cm³/mol. The van der Waals surface area contributed by atoms with E-state index in [4.69, 9.17) is 9.15 Å². The molecule has 1 aromatic carbocycles. The van der Waals surface area contributed by atoms with E-state index in [2.05, 4.69) is 15.9 Å². The molecule has 0 atom stereocenters. The number of furan rings is 1. The Kier molecular flexibility index (Phi) is 6.20. The molecular weight excluding hydrogens is 374 g/mol. The Morgan fingerprint density at radius 1 is 1.17 bits per heavy atom. The third kappa shape index (κ3) is 4.96. The minimum atomic E-state index is -0.382. The van der Waals surface area contributed by atoms with Gasteiger partial charge in [0.2, 0.25) is 0 Å². The van der Waals surface area contributed by atoms with Gasteiger partial charge in [0.15, 0.2) is 6.61 Å². The van der Waals surface area contributed by atoms with Crippen LogP contribution in [-0.4, -0.2) is 30.4 Å². The Labute approximate surface area is 149 Å². The summed E-state index contributed by atoms with van der Waals surface area (Å²) in [4.78, 5) is 24.9. The summed E-state index contributed by atoms with van der Waals surface area (Å²) in [6.07, 6.45) is 0. The Balaban J connectivity index is 1.92. The van der Waals surface area contributed by atoms with Gasteiger partial charge < -0.3 is 14.1 Å². The molecule has 0 fully saturated rings. The van der Waals surface area contributed by atoms with Crippen LogP contribution in [0.25, 0.3) is 11.3 Å². The van der Waals surface area contributed by atoms with E-state index >= 15 is 0 Å². The van der Waals surface area contributed by atoms with Crippen LogP contribution in [0.4, 0.5) is 0 Å². The predicted octanol–water partition coefficient (Wildman–Crippen LogP) is 3.87. The first-order chi connectivity index (χ1) is 11.4. The number of rotatable bonds is 6. The Morgan fingerprint density at radius 2 is 1.83 bits per heavy atom. The Bertz CT molecular complexity index is 706. The molecule has 0 saturated carbocycles. The summed E-state index contributed by atoms with van der Waals surface area (Å²) in [6, 6.07) is 11.5. The van der Waals surface area contributed by atoms with Crippen molar-refractivity contribution < 1.29 is 18.7 Å². The third-order valence-electron chi connectivity index (χ3n) is 3.42. The molecule has 0 bridgehead atoms. The van der Waals surface area contributed by atoms with Gasteiger partial charge in [-0.3, -0.25) is 9.59 Å². The van der Waals surface area contributed by atoms with Crippen LogP contribution in [-0.2, 0) is 20.9 Å². The molecule has 0 spiro atoms. The molecule has 0 aliphatic heterocycles. The highest BCUT2D eigenvalue weighted by Crippen LogP contribution is 2.24. The van der Waals surface area contributed by atoms with Crippen LogP contribution in [0.3, 0.4) is 0 Å². The highest BCUT2D eigenvalue weighted by Gasteiger charge is 2.16. The summed E-state index contributed by atoms with van der Waals surface area (Å²) in [5.41, 5.74) is 0.962. The molecule has 1 aromatic heterocycles. The van der Waals surface area contributed by atoms with E-state index in [9.17, 15) is 9.59 Å². The molecular formula is C18H20BrNO4.